The topological polar surface area (TPSA) is 116 Å². The third-order valence-corrected chi connectivity index (χ3v) is 5.04. The average Bonchev–Trinajstić information content (AvgIpc) is 3.11. The number of rotatable bonds is 7. The number of aromatic nitrogens is 4. The van der Waals surface area contributed by atoms with Gasteiger partial charge in [0.15, 0.2) is 22.7 Å². The zero-order valence-electron chi connectivity index (χ0n) is 17.6. The minimum Gasteiger partial charge on any atom is -0.493 e. The van der Waals surface area contributed by atoms with Crippen LogP contribution in [0, 0.1) is 0 Å². The van der Waals surface area contributed by atoms with Gasteiger partial charge in [-0.3, -0.25) is 13.9 Å². The normalized spacial score (nSPS) is 10.9. The minimum atomic E-state index is -0.639. The van der Waals surface area contributed by atoms with Crippen molar-refractivity contribution in [2.24, 2.45) is 14.1 Å². The van der Waals surface area contributed by atoms with Crippen molar-refractivity contribution in [1.82, 2.24) is 18.7 Å². The summed E-state index contributed by atoms with van der Waals surface area (Å²) in [6.07, 6.45) is 0. The number of halogens is 1. The van der Waals surface area contributed by atoms with Crippen LogP contribution in [0.3, 0.4) is 0 Å². The molecule has 0 spiro atoms. The van der Waals surface area contributed by atoms with E-state index in [0.29, 0.717) is 17.2 Å². The molecular formula is C19H21ClN4O7. The number of hydrogen-bond donors (Lipinski definition) is 0. The van der Waals surface area contributed by atoms with Crippen LogP contribution >= 0.6 is 11.6 Å². The molecule has 0 unspecified atom stereocenters. The molecule has 2 heterocycles. The number of methoxy groups -OCH3 is 3. The Balaban J connectivity index is 1.85. The van der Waals surface area contributed by atoms with E-state index in [-0.39, 0.29) is 35.2 Å². The Bertz CT molecular complexity index is 1250. The molecular weight excluding hydrogens is 432 g/mol. The summed E-state index contributed by atoms with van der Waals surface area (Å²) in [5.74, 6) is 0.323. The third-order valence-electron chi connectivity index (χ3n) is 4.75. The van der Waals surface area contributed by atoms with Crippen molar-refractivity contribution in [1.29, 1.82) is 0 Å². The molecule has 0 radical (unpaired) electrons. The zero-order chi connectivity index (χ0) is 22.9. The van der Waals surface area contributed by atoms with Gasteiger partial charge in [0.05, 0.1) is 33.4 Å². The van der Waals surface area contributed by atoms with Crippen LogP contribution in [-0.4, -0.2) is 52.6 Å². The average molecular weight is 453 g/mol. The number of benzene rings is 1. The Labute approximate surface area is 181 Å². The van der Waals surface area contributed by atoms with Gasteiger partial charge >= 0.3 is 11.7 Å². The number of carbonyl (C=O) groups is 1. The van der Waals surface area contributed by atoms with Gasteiger partial charge in [0.2, 0.25) is 11.0 Å². The maximum atomic E-state index is 12.5. The maximum absolute atomic E-state index is 12.5. The highest BCUT2D eigenvalue weighted by molar-refractivity contribution is 6.29. The Morgan fingerprint density at radius 2 is 1.65 bits per heavy atom. The monoisotopic (exact) mass is 452 g/mol. The Hall–Kier alpha value is -3.47. The first-order chi connectivity index (χ1) is 14.7. The van der Waals surface area contributed by atoms with E-state index in [2.05, 4.69) is 4.98 Å². The number of imidazole rings is 1. The summed E-state index contributed by atoms with van der Waals surface area (Å²) in [7, 11) is 7.18. The van der Waals surface area contributed by atoms with Gasteiger partial charge in [-0.15, -0.1) is 0 Å². The quantitative estimate of drug-likeness (QED) is 0.384. The third kappa shape index (κ3) is 3.83. The van der Waals surface area contributed by atoms with Gasteiger partial charge in [-0.1, -0.05) is 0 Å². The van der Waals surface area contributed by atoms with E-state index < -0.39 is 17.2 Å². The van der Waals surface area contributed by atoms with Gasteiger partial charge in [0, 0.05) is 14.1 Å². The molecule has 0 atom stereocenters. The van der Waals surface area contributed by atoms with Crippen molar-refractivity contribution in [2.75, 3.05) is 27.9 Å². The lowest BCUT2D eigenvalue weighted by Gasteiger charge is -2.14. The first-order valence-corrected chi connectivity index (χ1v) is 9.41. The first kappa shape index (κ1) is 22.2. The second-order valence-corrected chi connectivity index (χ2v) is 6.80. The fraction of sp³-hybridized carbons (Fsp3) is 0.368. The van der Waals surface area contributed by atoms with Crippen LogP contribution in [0.2, 0.25) is 5.28 Å². The molecule has 11 nitrogen and oxygen atoms in total. The second kappa shape index (κ2) is 8.72. The highest BCUT2D eigenvalue weighted by Gasteiger charge is 2.20. The lowest BCUT2D eigenvalue weighted by Crippen LogP contribution is -2.37. The smallest absolute Gasteiger partial charge is 0.338 e. The molecule has 31 heavy (non-hydrogen) atoms. The standard InChI is InChI=1S/C19H21ClN4O7/c1-22-15-13(16(25)23(2)19(22)27)24(18(20)21-15)6-7-31-17(26)10-8-11(28-3)14(30-5)12(9-10)29-4/h8-9H,6-7H2,1-5H3. The Morgan fingerprint density at radius 1 is 1.03 bits per heavy atom. The van der Waals surface area contributed by atoms with Crippen molar-refractivity contribution in [2.45, 2.75) is 6.54 Å². The van der Waals surface area contributed by atoms with E-state index in [0.717, 1.165) is 4.57 Å². The molecule has 3 aromatic rings. The van der Waals surface area contributed by atoms with E-state index in [9.17, 15) is 14.4 Å². The molecule has 1 aromatic carbocycles. The van der Waals surface area contributed by atoms with Crippen LogP contribution in [0.25, 0.3) is 11.2 Å². The van der Waals surface area contributed by atoms with Gasteiger partial charge in [-0.2, -0.15) is 4.98 Å². The number of nitrogens with zero attached hydrogens (tertiary/aromatic N) is 4. The first-order valence-electron chi connectivity index (χ1n) is 9.04. The largest absolute Gasteiger partial charge is 0.493 e. The van der Waals surface area contributed by atoms with Crippen molar-refractivity contribution in [3.63, 3.8) is 0 Å². The van der Waals surface area contributed by atoms with Gasteiger partial charge in [-0.05, 0) is 23.7 Å². The van der Waals surface area contributed by atoms with Crippen molar-refractivity contribution in [3.8, 4) is 17.2 Å². The summed E-state index contributed by atoms with van der Waals surface area (Å²) in [6.45, 7) is -0.0500. The molecule has 0 bridgehead atoms. The van der Waals surface area contributed by atoms with Crippen LogP contribution in [0.5, 0.6) is 17.2 Å². The molecule has 0 N–H and O–H groups in total. The molecule has 12 heteroatoms. The molecule has 0 amide bonds. The zero-order valence-corrected chi connectivity index (χ0v) is 18.3. The number of ether oxygens (including phenoxy) is 4. The number of fused-ring (bicyclic) bond motifs is 1. The summed E-state index contributed by atoms with van der Waals surface area (Å²) in [5.41, 5.74) is -0.594. The Kier molecular flexibility index (Phi) is 6.25. The predicted molar refractivity (Wildman–Crippen MR) is 112 cm³/mol. The molecule has 0 saturated heterocycles. The minimum absolute atomic E-state index is 0.00265. The van der Waals surface area contributed by atoms with Crippen LogP contribution in [0.4, 0.5) is 0 Å². The molecule has 166 valence electrons. The molecule has 0 aliphatic carbocycles. The summed E-state index contributed by atoms with van der Waals surface area (Å²) in [6, 6.07) is 2.93. The molecule has 0 aliphatic heterocycles. The summed E-state index contributed by atoms with van der Waals surface area (Å²) in [4.78, 5) is 41.2. The van der Waals surface area contributed by atoms with Crippen LogP contribution in [0.15, 0.2) is 21.7 Å². The van der Waals surface area contributed by atoms with Gasteiger partial charge < -0.3 is 23.5 Å². The van der Waals surface area contributed by atoms with Crippen molar-refractivity contribution in [3.05, 3.63) is 43.8 Å². The molecule has 3 rings (SSSR count). The van der Waals surface area contributed by atoms with Crippen LogP contribution in [-0.2, 0) is 25.4 Å². The second-order valence-electron chi connectivity index (χ2n) is 6.46. The summed E-state index contributed by atoms with van der Waals surface area (Å²) < 4.78 is 24.6. The summed E-state index contributed by atoms with van der Waals surface area (Å²) in [5, 5.41) is -0.00265. The van der Waals surface area contributed by atoms with Crippen LogP contribution < -0.4 is 25.5 Å². The Morgan fingerprint density at radius 3 is 2.19 bits per heavy atom. The summed E-state index contributed by atoms with van der Waals surface area (Å²) >= 11 is 6.16. The van der Waals surface area contributed by atoms with Gasteiger partial charge in [0.25, 0.3) is 5.56 Å². The van der Waals surface area contributed by atoms with E-state index in [1.807, 2.05) is 0 Å². The predicted octanol–water partition coefficient (Wildman–Crippen LogP) is 0.970. The highest BCUT2D eigenvalue weighted by Crippen LogP contribution is 2.38. The fourth-order valence-corrected chi connectivity index (χ4v) is 3.38. The fourth-order valence-electron chi connectivity index (χ4n) is 3.14. The van der Waals surface area contributed by atoms with Crippen LogP contribution in [0.1, 0.15) is 10.4 Å². The molecule has 0 aliphatic rings. The van der Waals surface area contributed by atoms with E-state index in [1.54, 1.807) is 0 Å². The molecule has 2 aromatic heterocycles. The van der Waals surface area contributed by atoms with Crippen molar-refractivity contribution >= 4 is 28.7 Å². The lowest BCUT2D eigenvalue weighted by molar-refractivity contribution is 0.0491. The van der Waals surface area contributed by atoms with E-state index in [1.165, 1.54) is 56.7 Å². The highest BCUT2D eigenvalue weighted by atomic mass is 35.5. The van der Waals surface area contributed by atoms with Gasteiger partial charge in [-0.25, -0.2) is 9.59 Å². The van der Waals surface area contributed by atoms with Gasteiger partial charge in [0.1, 0.15) is 6.61 Å². The maximum Gasteiger partial charge on any atom is 0.338 e. The van der Waals surface area contributed by atoms with E-state index in [4.69, 9.17) is 30.5 Å². The number of esters is 1. The number of hydrogen-bond acceptors (Lipinski definition) is 8. The number of aryl methyl sites for hydroxylation is 1. The molecule has 0 fully saturated rings. The van der Waals surface area contributed by atoms with E-state index >= 15 is 0 Å². The lowest BCUT2D eigenvalue weighted by atomic mass is 10.2. The van der Waals surface area contributed by atoms with Crippen molar-refractivity contribution < 1.29 is 23.7 Å². The number of carbonyl (C=O) groups excluding carboxylic acids is 1. The molecule has 0 saturated carbocycles. The SMILES string of the molecule is COc1cc(C(=O)OCCn2c(Cl)nc3c2c(=O)n(C)c(=O)n3C)cc(OC)c1OC.